The molecule has 1 aromatic carbocycles. The monoisotopic (exact) mass is 222 g/mol. The normalized spacial score (nSPS) is 22.8. The van der Waals surface area contributed by atoms with E-state index in [1.165, 1.54) is 0 Å². The predicted molar refractivity (Wildman–Crippen MR) is 69.4 cm³/mol. The minimum atomic E-state index is 0.155. The Bertz CT molecular complexity index is 558. The molecule has 0 N–H and O–H groups in total. The van der Waals surface area contributed by atoms with Gasteiger partial charge in [0.1, 0.15) is 0 Å². The van der Waals surface area contributed by atoms with Gasteiger partial charge in [-0.25, -0.2) is 0 Å². The summed E-state index contributed by atoms with van der Waals surface area (Å²) >= 11 is 0. The Kier molecular flexibility index (Phi) is 2.32. The van der Waals surface area contributed by atoms with Crippen molar-refractivity contribution in [2.24, 2.45) is 5.92 Å². The molecule has 0 aromatic heterocycles. The Hall–Kier alpha value is -1.89. The van der Waals surface area contributed by atoms with Gasteiger partial charge in [-0.2, -0.15) is 0 Å². The first kappa shape index (κ1) is 10.3. The van der Waals surface area contributed by atoms with Crippen molar-refractivity contribution in [2.45, 2.75) is 13.3 Å². The first-order valence-electron chi connectivity index (χ1n) is 6.00. The quantitative estimate of drug-likeness (QED) is 0.710. The summed E-state index contributed by atoms with van der Waals surface area (Å²) in [5.74, 6) is 0.675. The van der Waals surface area contributed by atoms with Gasteiger partial charge in [-0.15, -0.1) is 0 Å². The smallest absolute Gasteiger partial charge is 0.186 e. The van der Waals surface area contributed by atoms with Gasteiger partial charge in [-0.1, -0.05) is 49.4 Å². The fourth-order valence-corrected chi connectivity index (χ4v) is 2.47. The lowest BCUT2D eigenvalue weighted by molar-refractivity contribution is -0.110. The molecular formula is C16H14O. The molecule has 0 amide bonds. The van der Waals surface area contributed by atoms with Gasteiger partial charge in [0.25, 0.3) is 0 Å². The van der Waals surface area contributed by atoms with Crippen LogP contribution in [0.2, 0.25) is 0 Å². The molecule has 0 aliphatic heterocycles. The number of hydrogen-bond acceptors (Lipinski definition) is 1. The Morgan fingerprint density at radius 2 is 1.82 bits per heavy atom. The molecule has 2 aliphatic rings. The highest BCUT2D eigenvalue weighted by Crippen LogP contribution is 2.39. The van der Waals surface area contributed by atoms with Gasteiger partial charge < -0.3 is 0 Å². The highest BCUT2D eigenvalue weighted by Gasteiger charge is 2.27. The van der Waals surface area contributed by atoms with Crippen LogP contribution < -0.4 is 0 Å². The number of hydrogen-bond donors (Lipinski definition) is 0. The summed E-state index contributed by atoms with van der Waals surface area (Å²) in [6.07, 6.45) is 7.04. The topological polar surface area (TPSA) is 17.1 Å². The second kappa shape index (κ2) is 3.85. The summed E-state index contributed by atoms with van der Waals surface area (Å²) in [7, 11) is 0. The van der Waals surface area contributed by atoms with Crippen molar-refractivity contribution in [3.8, 4) is 0 Å². The van der Waals surface area contributed by atoms with Gasteiger partial charge in [-0.3, -0.25) is 4.79 Å². The summed E-state index contributed by atoms with van der Waals surface area (Å²) in [5.41, 5.74) is 4.22. The number of fused-ring (bicyclic) bond motifs is 1. The van der Waals surface area contributed by atoms with Crippen molar-refractivity contribution in [3.05, 3.63) is 65.3 Å². The average Bonchev–Trinajstić information content (AvgIpc) is 2.67. The fourth-order valence-electron chi connectivity index (χ4n) is 2.47. The molecule has 1 aromatic rings. The molecule has 0 saturated carbocycles. The van der Waals surface area contributed by atoms with Gasteiger partial charge in [0.2, 0.25) is 0 Å². The number of carbonyl (C=O) groups is 1. The van der Waals surface area contributed by atoms with Crippen LogP contribution in [0.5, 0.6) is 0 Å². The van der Waals surface area contributed by atoms with E-state index >= 15 is 0 Å². The molecule has 1 nitrogen and oxygen atoms in total. The van der Waals surface area contributed by atoms with Crippen LogP contribution in [0.25, 0.3) is 5.57 Å². The SMILES string of the molecule is CC1C=C2C(=CC1)C(=O)C=C2c1ccccc1. The second-order valence-corrected chi connectivity index (χ2v) is 4.70. The minimum Gasteiger partial charge on any atom is -0.289 e. The molecule has 0 bridgehead atoms. The maximum atomic E-state index is 11.9. The van der Waals surface area contributed by atoms with E-state index in [1.807, 2.05) is 18.2 Å². The third kappa shape index (κ3) is 1.68. The van der Waals surface area contributed by atoms with Gasteiger partial charge in [0.15, 0.2) is 5.78 Å². The first-order chi connectivity index (χ1) is 8.25. The van der Waals surface area contributed by atoms with Gasteiger partial charge >= 0.3 is 0 Å². The van der Waals surface area contributed by atoms with Gasteiger partial charge in [-0.05, 0) is 35.1 Å². The number of allylic oxidation sites excluding steroid dienone is 6. The zero-order valence-electron chi connectivity index (χ0n) is 9.81. The van der Waals surface area contributed by atoms with E-state index in [4.69, 9.17) is 0 Å². The lowest BCUT2D eigenvalue weighted by atomic mass is 9.88. The van der Waals surface area contributed by atoms with Crippen LogP contribution in [0.1, 0.15) is 18.9 Å². The standard InChI is InChI=1S/C16H14O/c1-11-7-8-13-15(9-11)14(10-16(13)17)12-5-3-2-4-6-12/h2-6,8-11H,7H2,1H3. The van der Waals surface area contributed by atoms with Crippen LogP contribution in [-0.4, -0.2) is 5.78 Å². The Morgan fingerprint density at radius 3 is 2.59 bits per heavy atom. The van der Waals surface area contributed by atoms with Crippen molar-refractivity contribution in [2.75, 3.05) is 0 Å². The molecule has 0 heterocycles. The lowest BCUT2D eigenvalue weighted by Crippen LogP contribution is -2.03. The zero-order valence-corrected chi connectivity index (χ0v) is 9.81. The largest absolute Gasteiger partial charge is 0.289 e. The van der Waals surface area contributed by atoms with E-state index in [1.54, 1.807) is 6.08 Å². The molecule has 0 radical (unpaired) electrons. The van der Waals surface area contributed by atoms with E-state index in [-0.39, 0.29) is 5.78 Å². The zero-order chi connectivity index (χ0) is 11.8. The molecule has 2 aliphatic carbocycles. The highest BCUT2D eigenvalue weighted by molar-refractivity contribution is 6.21. The van der Waals surface area contributed by atoms with Crippen molar-refractivity contribution < 1.29 is 4.79 Å². The van der Waals surface area contributed by atoms with Crippen LogP contribution in [0.4, 0.5) is 0 Å². The molecule has 1 heteroatoms. The Balaban J connectivity index is 2.10. The Morgan fingerprint density at radius 1 is 1.06 bits per heavy atom. The number of rotatable bonds is 1. The second-order valence-electron chi connectivity index (χ2n) is 4.70. The van der Waals surface area contributed by atoms with E-state index in [0.29, 0.717) is 5.92 Å². The third-order valence-corrected chi connectivity index (χ3v) is 3.35. The van der Waals surface area contributed by atoms with Crippen LogP contribution in [0, 0.1) is 5.92 Å². The van der Waals surface area contributed by atoms with E-state index in [0.717, 1.165) is 28.7 Å². The van der Waals surface area contributed by atoms with E-state index < -0.39 is 0 Å². The molecule has 0 saturated heterocycles. The molecule has 1 unspecified atom stereocenters. The Labute approximate surface area is 101 Å². The lowest BCUT2D eigenvalue weighted by Gasteiger charge is -2.15. The van der Waals surface area contributed by atoms with Gasteiger partial charge in [0.05, 0.1) is 0 Å². The molecule has 0 spiro atoms. The number of carbonyl (C=O) groups excluding carboxylic acids is 1. The summed E-state index contributed by atoms with van der Waals surface area (Å²) in [4.78, 5) is 11.9. The predicted octanol–water partition coefficient (Wildman–Crippen LogP) is 3.55. The fraction of sp³-hybridized carbons (Fsp3) is 0.188. The summed E-state index contributed by atoms with van der Waals surface area (Å²) in [6.45, 7) is 2.19. The van der Waals surface area contributed by atoms with E-state index in [2.05, 4.69) is 31.2 Å². The van der Waals surface area contributed by atoms with Crippen molar-refractivity contribution in [1.82, 2.24) is 0 Å². The average molecular weight is 222 g/mol. The van der Waals surface area contributed by atoms with Crippen molar-refractivity contribution in [3.63, 3.8) is 0 Å². The summed E-state index contributed by atoms with van der Waals surface area (Å²) < 4.78 is 0. The molecular weight excluding hydrogens is 208 g/mol. The molecule has 0 fully saturated rings. The minimum absolute atomic E-state index is 0.155. The number of ketones is 1. The summed E-state index contributed by atoms with van der Waals surface area (Å²) in [5, 5.41) is 0. The highest BCUT2D eigenvalue weighted by atomic mass is 16.1. The molecule has 3 rings (SSSR count). The van der Waals surface area contributed by atoms with Crippen LogP contribution >= 0.6 is 0 Å². The third-order valence-electron chi connectivity index (χ3n) is 3.35. The van der Waals surface area contributed by atoms with Gasteiger partial charge in [0, 0.05) is 5.57 Å². The maximum absolute atomic E-state index is 11.9. The van der Waals surface area contributed by atoms with Crippen molar-refractivity contribution >= 4 is 11.4 Å². The molecule has 1 atom stereocenters. The number of benzene rings is 1. The molecule has 17 heavy (non-hydrogen) atoms. The first-order valence-corrected chi connectivity index (χ1v) is 6.00. The van der Waals surface area contributed by atoms with Crippen molar-refractivity contribution in [1.29, 1.82) is 0 Å². The molecule has 84 valence electrons. The van der Waals surface area contributed by atoms with Crippen LogP contribution in [0.15, 0.2) is 59.7 Å². The van der Waals surface area contributed by atoms with Crippen LogP contribution in [0.3, 0.4) is 0 Å². The summed E-state index contributed by atoms with van der Waals surface area (Å²) in [6, 6.07) is 10.1. The van der Waals surface area contributed by atoms with E-state index in [9.17, 15) is 4.79 Å². The van der Waals surface area contributed by atoms with Crippen LogP contribution in [-0.2, 0) is 4.79 Å². The maximum Gasteiger partial charge on any atom is 0.186 e.